The summed E-state index contributed by atoms with van der Waals surface area (Å²) in [5.41, 5.74) is -0.207. The summed E-state index contributed by atoms with van der Waals surface area (Å²) in [6, 6.07) is 12.6. The first-order valence-electron chi connectivity index (χ1n) is 9.60. The van der Waals surface area contributed by atoms with E-state index in [4.69, 9.17) is 0 Å². The average molecular weight is 410 g/mol. The molecule has 0 aliphatic rings. The van der Waals surface area contributed by atoms with Gasteiger partial charge in [0, 0.05) is 6.54 Å². The summed E-state index contributed by atoms with van der Waals surface area (Å²) in [5.74, 6) is -1.08. The number of halogens is 1. The molecule has 0 aliphatic heterocycles. The fraction of sp³-hybridized carbons (Fsp3) is 0.273. The number of amides is 1. The number of aromatic nitrogens is 3. The van der Waals surface area contributed by atoms with Crippen molar-refractivity contribution in [3.8, 4) is 5.69 Å². The topological polar surface area (TPSA) is 86.0 Å². The maximum absolute atomic E-state index is 13.7. The number of carbonyl (C=O) groups is 1. The van der Waals surface area contributed by atoms with Crippen molar-refractivity contribution in [3.63, 3.8) is 0 Å². The van der Waals surface area contributed by atoms with Crippen molar-refractivity contribution < 1.29 is 9.18 Å². The Hall–Kier alpha value is -3.55. The zero-order chi connectivity index (χ0) is 21.8. The summed E-state index contributed by atoms with van der Waals surface area (Å²) >= 11 is 0. The molecule has 0 bridgehead atoms. The van der Waals surface area contributed by atoms with Crippen LogP contribution in [0.2, 0.25) is 0 Å². The molecule has 1 aromatic heterocycles. The lowest BCUT2D eigenvalue weighted by Crippen LogP contribution is -2.46. The predicted molar refractivity (Wildman–Crippen MR) is 112 cm³/mol. The number of carbonyl (C=O) groups excluding carboxylic acids is 1. The number of hydrogen-bond acceptors (Lipinski definition) is 4. The fourth-order valence-corrected chi connectivity index (χ4v) is 2.91. The van der Waals surface area contributed by atoms with E-state index in [1.807, 2.05) is 32.9 Å². The van der Waals surface area contributed by atoms with Crippen molar-refractivity contribution in [3.05, 3.63) is 92.0 Å². The number of nitrogens with zero attached hydrogens (tertiary/aromatic N) is 3. The number of rotatable bonds is 6. The van der Waals surface area contributed by atoms with Crippen molar-refractivity contribution in [1.82, 2.24) is 19.7 Å². The van der Waals surface area contributed by atoms with Gasteiger partial charge in [-0.05, 0) is 42.2 Å². The molecule has 0 spiro atoms. The van der Waals surface area contributed by atoms with Crippen LogP contribution in [0, 0.1) is 18.7 Å². The molecule has 2 aromatic carbocycles. The number of nitrogens with one attached hydrogen (secondary N) is 1. The smallest absolute Gasteiger partial charge is 0.350 e. The largest absolute Gasteiger partial charge is 0.352 e. The van der Waals surface area contributed by atoms with Crippen LogP contribution < -0.4 is 16.6 Å². The summed E-state index contributed by atoms with van der Waals surface area (Å²) < 4.78 is 15.6. The first-order chi connectivity index (χ1) is 14.3. The Balaban J connectivity index is 2.19. The highest BCUT2D eigenvalue weighted by atomic mass is 19.1. The molecule has 1 heterocycles. The minimum atomic E-state index is -0.794. The maximum atomic E-state index is 13.7. The lowest BCUT2D eigenvalue weighted by atomic mass is 10.1. The third kappa shape index (κ3) is 4.53. The first-order valence-corrected chi connectivity index (χ1v) is 9.60. The molecule has 7 nitrogen and oxygen atoms in total. The monoisotopic (exact) mass is 410 g/mol. The summed E-state index contributed by atoms with van der Waals surface area (Å²) in [6.07, 6.45) is 0. The quantitative estimate of drug-likeness (QED) is 0.676. The van der Waals surface area contributed by atoms with Gasteiger partial charge in [0.15, 0.2) is 0 Å². The first kappa shape index (κ1) is 21.2. The molecule has 3 rings (SSSR count). The van der Waals surface area contributed by atoms with Crippen LogP contribution in [-0.4, -0.2) is 26.8 Å². The minimum Gasteiger partial charge on any atom is -0.350 e. The van der Waals surface area contributed by atoms with Gasteiger partial charge in [-0.15, -0.1) is 0 Å². The number of aryl methyl sites for hydroxylation is 1. The molecule has 0 unspecified atom stereocenters. The van der Waals surface area contributed by atoms with Crippen LogP contribution in [0.5, 0.6) is 0 Å². The van der Waals surface area contributed by atoms with Crippen LogP contribution in [0.25, 0.3) is 5.69 Å². The maximum Gasteiger partial charge on any atom is 0.352 e. The standard InChI is InChI=1S/C22H23FN4O3/c1-14(2)12-24-20(28)19-21(29)26(13-16-8-5-4-7-15(16)3)22(30)27(25-19)18-10-6-9-17(23)11-18/h4-11,14H,12-13H2,1-3H3,(H,24,28). The van der Waals surface area contributed by atoms with Gasteiger partial charge in [-0.25, -0.2) is 9.18 Å². The molecular weight excluding hydrogens is 387 g/mol. The normalized spacial score (nSPS) is 11.0. The molecule has 0 atom stereocenters. The Kier molecular flexibility index (Phi) is 6.25. The highest BCUT2D eigenvalue weighted by Crippen LogP contribution is 2.09. The lowest BCUT2D eigenvalue weighted by molar-refractivity contribution is 0.0939. The SMILES string of the molecule is Cc1ccccc1Cn1c(=O)c(C(=O)NCC(C)C)nn(-c2cccc(F)c2)c1=O. The van der Waals surface area contributed by atoms with Crippen LogP contribution in [0.3, 0.4) is 0 Å². The second kappa shape index (κ2) is 8.86. The number of hydrogen-bond donors (Lipinski definition) is 1. The zero-order valence-corrected chi connectivity index (χ0v) is 17.1. The second-order valence-corrected chi connectivity index (χ2v) is 7.44. The van der Waals surface area contributed by atoms with Gasteiger partial charge in [-0.1, -0.05) is 44.2 Å². The molecule has 0 saturated carbocycles. The third-order valence-corrected chi connectivity index (χ3v) is 4.59. The lowest BCUT2D eigenvalue weighted by Gasteiger charge is -2.14. The van der Waals surface area contributed by atoms with E-state index in [1.165, 1.54) is 18.2 Å². The molecule has 3 aromatic rings. The van der Waals surface area contributed by atoms with Crippen LogP contribution in [-0.2, 0) is 6.54 Å². The Bertz CT molecular complexity index is 1200. The molecule has 156 valence electrons. The van der Waals surface area contributed by atoms with E-state index in [-0.39, 0.29) is 18.2 Å². The molecule has 8 heteroatoms. The van der Waals surface area contributed by atoms with Crippen LogP contribution in [0.15, 0.2) is 58.1 Å². The van der Waals surface area contributed by atoms with E-state index in [2.05, 4.69) is 10.4 Å². The predicted octanol–water partition coefficient (Wildman–Crippen LogP) is 2.28. The molecule has 0 fully saturated rings. The summed E-state index contributed by atoms with van der Waals surface area (Å²) in [6.45, 7) is 6.00. The van der Waals surface area contributed by atoms with Crippen molar-refractivity contribution in [2.75, 3.05) is 6.54 Å². The van der Waals surface area contributed by atoms with Gasteiger partial charge in [-0.3, -0.25) is 14.2 Å². The van der Waals surface area contributed by atoms with Gasteiger partial charge in [0.2, 0.25) is 5.69 Å². The molecule has 30 heavy (non-hydrogen) atoms. The van der Waals surface area contributed by atoms with E-state index >= 15 is 0 Å². The van der Waals surface area contributed by atoms with Crippen molar-refractivity contribution >= 4 is 5.91 Å². The van der Waals surface area contributed by atoms with Gasteiger partial charge in [0.05, 0.1) is 12.2 Å². The molecule has 1 amide bonds. The average Bonchev–Trinajstić information content (AvgIpc) is 2.70. The molecule has 0 radical (unpaired) electrons. The van der Waals surface area contributed by atoms with Crippen molar-refractivity contribution in [1.29, 1.82) is 0 Å². The minimum absolute atomic E-state index is 0.0351. The Morgan fingerprint density at radius 3 is 2.53 bits per heavy atom. The summed E-state index contributed by atoms with van der Waals surface area (Å²) in [5, 5.41) is 6.62. The van der Waals surface area contributed by atoms with Gasteiger partial charge in [0.25, 0.3) is 11.5 Å². The van der Waals surface area contributed by atoms with Gasteiger partial charge < -0.3 is 5.32 Å². The zero-order valence-electron chi connectivity index (χ0n) is 17.1. The van der Waals surface area contributed by atoms with Crippen LogP contribution in [0.1, 0.15) is 35.5 Å². The highest BCUT2D eigenvalue weighted by Gasteiger charge is 2.21. The summed E-state index contributed by atoms with van der Waals surface area (Å²) in [4.78, 5) is 38.7. The Morgan fingerprint density at radius 1 is 1.13 bits per heavy atom. The molecule has 1 N–H and O–H groups in total. The van der Waals surface area contributed by atoms with Crippen molar-refractivity contribution in [2.24, 2.45) is 5.92 Å². The fourth-order valence-electron chi connectivity index (χ4n) is 2.91. The van der Waals surface area contributed by atoms with Crippen LogP contribution in [0.4, 0.5) is 4.39 Å². The van der Waals surface area contributed by atoms with Crippen LogP contribution >= 0.6 is 0 Å². The second-order valence-electron chi connectivity index (χ2n) is 7.44. The van der Waals surface area contributed by atoms with Gasteiger partial charge in [-0.2, -0.15) is 9.78 Å². The number of benzene rings is 2. The van der Waals surface area contributed by atoms with Gasteiger partial charge >= 0.3 is 5.69 Å². The van der Waals surface area contributed by atoms with E-state index < -0.39 is 28.7 Å². The highest BCUT2D eigenvalue weighted by molar-refractivity contribution is 5.91. The molecule has 0 saturated heterocycles. The van der Waals surface area contributed by atoms with Crippen molar-refractivity contribution in [2.45, 2.75) is 27.3 Å². The van der Waals surface area contributed by atoms with E-state index in [1.54, 1.807) is 12.1 Å². The van der Waals surface area contributed by atoms with E-state index in [0.29, 0.717) is 6.54 Å². The Morgan fingerprint density at radius 2 is 1.87 bits per heavy atom. The molecular formula is C22H23FN4O3. The summed E-state index contributed by atoms with van der Waals surface area (Å²) in [7, 11) is 0. The van der Waals surface area contributed by atoms with E-state index in [0.717, 1.165) is 26.4 Å². The van der Waals surface area contributed by atoms with Gasteiger partial charge in [0.1, 0.15) is 5.82 Å². The third-order valence-electron chi connectivity index (χ3n) is 4.59. The molecule has 0 aliphatic carbocycles. The van der Waals surface area contributed by atoms with E-state index in [9.17, 15) is 18.8 Å². The Labute approximate surface area is 172 Å².